The van der Waals surface area contributed by atoms with E-state index in [1.54, 1.807) is 6.07 Å². The summed E-state index contributed by atoms with van der Waals surface area (Å²) in [5.74, 6) is -0.289. The molecule has 1 saturated heterocycles. The number of anilines is 1. The molecule has 1 amide bonds. The third kappa shape index (κ3) is 4.09. The fourth-order valence-electron chi connectivity index (χ4n) is 4.03. The maximum atomic E-state index is 13.7. The number of piperidine rings is 1. The van der Waals surface area contributed by atoms with Gasteiger partial charge in [0.2, 0.25) is 5.91 Å². The van der Waals surface area contributed by atoms with E-state index in [4.69, 9.17) is 11.6 Å². The van der Waals surface area contributed by atoms with Crippen molar-refractivity contribution in [2.75, 3.05) is 18.4 Å². The number of nitrogens with one attached hydrogen (secondary N) is 2. The molecule has 2 aliphatic rings. The Morgan fingerprint density at radius 1 is 1.15 bits per heavy atom. The number of para-hydroxylation sites is 1. The van der Waals surface area contributed by atoms with Crippen LogP contribution < -0.4 is 10.6 Å². The van der Waals surface area contributed by atoms with Crippen molar-refractivity contribution in [2.45, 2.75) is 37.9 Å². The molecular formula is C21H23ClFN3O. The minimum Gasteiger partial charge on any atom is -0.379 e. The molecule has 2 N–H and O–H groups in total. The Kier molecular flexibility index (Phi) is 5.06. The van der Waals surface area contributed by atoms with Gasteiger partial charge in [0, 0.05) is 43.8 Å². The van der Waals surface area contributed by atoms with Crippen molar-refractivity contribution in [1.29, 1.82) is 0 Å². The van der Waals surface area contributed by atoms with Crippen LogP contribution in [0.15, 0.2) is 42.5 Å². The molecule has 1 spiro atoms. The zero-order valence-corrected chi connectivity index (χ0v) is 15.9. The summed E-state index contributed by atoms with van der Waals surface area (Å²) in [6.07, 6.45) is 2.21. The molecule has 2 aliphatic heterocycles. The molecule has 2 aromatic carbocycles. The first kappa shape index (κ1) is 18.3. The molecular weight excluding hydrogens is 365 g/mol. The molecule has 0 saturated carbocycles. The first-order valence-electron chi connectivity index (χ1n) is 9.32. The number of hydrogen-bond acceptors (Lipinski definition) is 3. The van der Waals surface area contributed by atoms with E-state index in [1.165, 1.54) is 6.07 Å². The molecule has 4 rings (SSSR count). The van der Waals surface area contributed by atoms with E-state index in [2.05, 4.69) is 21.6 Å². The number of likely N-dealkylation sites (tertiary alicyclic amines) is 1. The molecule has 2 heterocycles. The van der Waals surface area contributed by atoms with Crippen LogP contribution in [0.25, 0.3) is 0 Å². The summed E-state index contributed by atoms with van der Waals surface area (Å²) in [5.41, 5.74) is 2.90. The van der Waals surface area contributed by atoms with Crippen molar-refractivity contribution in [1.82, 2.24) is 10.2 Å². The van der Waals surface area contributed by atoms with Crippen LogP contribution in [0.2, 0.25) is 5.02 Å². The Morgan fingerprint density at radius 3 is 2.70 bits per heavy atom. The highest BCUT2D eigenvalue weighted by Gasteiger charge is 2.37. The fraction of sp³-hybridized carbons (Fsp3) is 0.381. The molecule has 0 radical (unpaired) electrons. The van der Waals surface area contributed by atoms with Crippen molar-refractivity contribution >= 4 is 23.2 Å². The van der Waals surface area contributed by atoms with E-state index in [0.717, 1.165) is 42.7 Å². The maximum absolute atomic E-state index is 13.7. The predicted octanol–water partition coefficient (Wildman–Crippen LogP) is 3.95. The molecule has 0 atom stereocenters. The average Bonchev–Trinajstić information content (AvgIpc) is 2.65. The van der Waals surface area contributed by atoms with Gasteiger partial charge in [0.05, 0.1) is 5.02 Å². The minimum atomic E-state index is -0.377. The van der Waals surface area contributed by atoms with Gasteiger partial charge in [-0.2, -0.15) is 0 Å². The number of rotatable bonds is 2. The molecule has 0 aromatic heterocycles. The van der Waals surface area contributed by atoms with E-state index in [9.17, 15) is 9.18 Å². The lowest BCUT2D eigenvalue weighted by molar-refractivity contribution is -0.122. The van der Waals surface area contributed by atoms with Crippen LogP contribution in [-0.2, 0) is 17.9 Å². The van der Waals surface area contributed by atoms with Gasteiger partial charge in [0.15, 0.2) is 0 Å². The van der Waals surface area contributed by atoms with Crippen LogP contribution in [-0.4, -0.2) is 29.4 Å². The number of halogens is 2. The number of carbonyl (C=O) groups is 1. The zero-order chi connectivity index (χ0) is 18.9. The van der Waals surface area contributed by atoms with Crippen molar-refractivity contribution in [3.05, 3.63) is 64.4 Å². The number of benzene rings is 2. The number of nitrogens with zero attached hydrogens (tertiary/aromatic N) is 1. The van der Waals surface area contributed by atoms with Crippen molar-refractivity contribution < 1.29 is 9.18 Å². The van der Waals surface area contributed by atoms with Crippen molar-refractivity contribution in [3.8, 4) is 0 Å². The summed E-state index contributed by atoms with van der Waals surface area (Å²) >= 11 is 5.77. The normalized spacial score (nSPS) is 19.6. The summed E-state index contributed by atoms with van der Waals surface area (Å²) in [5, 5.41) is 6.86. The third-order valence-corrected chi connectivity index (χ3v) is 5.90. The minimum absolute atomic E-state index is 0.0882. The first-order valence-corrected chi connectivity index (χ1v) is 9.70. The first-order chi connectivity index (χ1) is 13.0. The molecule has 6 heteroatoms. The highest BCUT2D eigenvalue weighted by atomic mass is 35.5. The summed E-state index contributed by atoms with van der Waals surface area (Å²) in [6, 6.07) is 13.1. The van der Waals surface area contributed by atoms with E-state index >= 15 is 0 Å². The van der Waals surface area contributed by atoms with E-state index < -0.39 is 0 Å². The van der Waals surface area contributed by atoms with Gasteiger partial charge in [0.1, 0.15) is 5.82 Å². The lowest BCUT2D eigenvalue weighted by Gasteiger charge is -2.44. The number of amides is 1. The monoisotopic (exact) mass is 387 g/mol. The van der Waals surface area contributed by atoms with Crippen LogP contribution in [0.5, 0.6) is 0 Å². The van der Waals surface area contributed by atoms with Gasteiger partial charge in [-0.1, -0.05) is 35.9 Å². The van der Waals surface area contributed by atoms with E-state index in [0.29, 0.717) is 19.5 Å². The van der Waals surface area contributed by atoms with Gasteiger partial charge in [-0.3, -0.25) is 9.69 Å². The highest BCUT2D eigenvalue weighted by molar-refractivity contribution is 6.30. The standard InChI is InChI=1S/C21H23ClFN3O/c22-17-6-5-15(11-18(17)23)14-26-9-7-21(8-10-26)12-20(27)24-13-16-3-1-2-4-19(16)25-21/h1-6,11,25H,7-10,12-14H2,(H,24,27). The summed E-state index contributed by atoms with van der Waals surface area (Å²) in [6.45, 7) is 2.96. The van der Waals surface area contributed by atoms with Gasteiger partial charge in [-0.05, 0) is 42.2 Å². The second-order valence-corrected chi connectivity index (χ2v) is 7.95. The van der Waals surface area contributed by atoms with E-state index in [1.807, 2.05) is 24.3 Å². The molecule has 1 fully saturated rings. The van der Waals surface area contributed by atoms with E-state index in [-0.39, 0.29) is 22.3 Å². The van der Waals surface area contributed by atoms with Gasteiger partial charge >= 0.3 is 0 Å². The topological polar surface area (TPSA) is 44.4 Å². The van der Waals surface area contributed by atoms with Crippen molar-refractivity contribution in [2.24, 2.45) is 0 Å². The summed E-state index contributed by atoms with van der Waals surface area (Å²) < 4.78 is 13.7. The largest absolute Gasteiger partial charge is 0.379 e. The number of fused-ring (bicyclic) bond motifs is 1. The molecule has 0 unspecified atom stereocenters. The Balaban J connectivity index is 1.46. The van der Waals surface area contributed by atoms with Crippen molar-refractivity contribution in [3.63, 3.8) is 0 Å². The highest BCUT2D eigenvalue weighted by Crippen LogP contribution is 2.33. The Bertz CT molecular complexity index is 849. The van der Waals surface area contributed by atoms with Crippen LogP contribution in [0.4, 0.5) is 10.1 Å². The molecule has 4 nitrogen and oxygen atoms in total. The summed E-state index contributed by atoms with van der Waals surface area (Å²) in [4.78, 5) is 14.6. The zero-order valence-electron chi connectivity index (χ0n) is 15.1. The molecule has 2 aromatic rings. The quantitative estimate of drug-likeness (QED) is 0.820. The van der Waals surface area contributed by atoms with Gasteiger partial charge in [-0.25, -0.2) is 4.39 Å². The Labute approximate surface area is 163 Å². The SMILES string of the molecule is O=C1CC2(CCN(Cc3ccc(Cl)c(F)c3)CC2)Nc2ccccc2CN1. The van der Waals surface area contributed by atoms with Crippen LogP contribution >= 0.6 is 11.6 Å². The molecule has 142 valence electrons. The van der Waals surface area contributed by atoms with Gasteiger partial charge in [0.25, 0.3) is 0 Å². The maximum Gasteiger partial charge on any atom is 0.222 e. The van der Waals surface area contributed by atoms with Crippen LogP contribution in [0.3, 0.4) is 0 Å². The third-order valence-electron chi connectivity index (χ3n) is 5.60. The molecule has 0 bridgehead atoms. The molecule has 0 aliphatic carbocycles. The smallest absolute Gasteiger partial charge is 0.222 e. The fourth-order valence-corrected chi connectivity index (χ4v) is 4.14. The van der Waals surface area contributed by atoms with Crippen LogP contribution in [0, 0.1) is 5.82 Å². The van der Waals surface area contributed by atoms with Gasteiger partial charge < -0.3 is 10.6 Å². The number of carbonyl (C=O) groups excluding carboxylic acids is 1. The van der Waals surface area contributed by atoms with Gasteiger partial charge in [-0.15, -0.1) is 0 Å². The Morgan fingerprint density at radius 2 is 1.93 bits per heavy atom. The number of hydrogen-bond donors (Lipinski definition) is 2. The Hall–Kier alpha value is -2.11. The lowest BCUT2D eigenvalue weighted by Crippen LogP contribution is -2.52. The molecule has 27 heavy (non-hydrogen) atoms. The second kappa shape index (κ2) is 7.49. The lowest BCUT2D eigenvalue weighted by atomic mass is 9.82. The average molecular weight is 388 g/mol. The summed E-state index contributed by atoms with van der Waals surface area (Å²) in [7, 11) is 0. The van der Waals surface area contributed by atoms with Crippen LogP contribution in [0.1, 0.15) is 30.4 Å². The second-order valence-electron chi connectivity index (χ2n) is 7.54. The predicted molar refractivity (Wildman–Crippen MR) is 105 cm³/mol.